The molecule has 190 valence electrons. The van der Waals surface area contributed by atoms with Gasteiger partial charge in [0.25, 0.3) is 5.91 Å². The van der Waals surface area contributed by atoms with Crippen LogP contribution >= 0.6 is 11.8 Å². The summed E-state index contributed by atoms with van der Waals surface area (Å²) in [5.74, 6) is -2.70. The molecular formula is C27H22F2N2O5S. The molecule has 10 heteroatoms. The van der Waals surface area contributed by atoms with Gasteiger partial charge in [0.15, 0.2) is 17.4 Å². The molecule has 0 aliphatic heterocycles. The van der Waals surface area contributed by atoms with Crippen LogP contribution in [0.4, 0.5) is 8.78 Å². The summed E-state index contributed by atoms with van der Waals surface area (Å²) < 4.78 is 38.7. The van der Waals surface area contributed by atoms with Crippen molar-refractivity contribution < 1.29 is 32.6 Å². The number of thioether (sulfide) groups is 1. The molecule has 4 aromatic rings. The van der Waals surface area contributed by atoms with Crippen LogP contribution in [-0.4, -0.2) is 39.7 Å². The number of aliphatic carboxylic acids is 1. The smallest absolute Gasteiger partial charge is 0.323 e. The van der Waals surface area contributed by atoms with Crippen LogP contribution in [0.3, 0.4) is 0 Å². The summed E-state index contributed by atoms with van der Waals surface area (Å²) in [5.41, 5.74) is 1.82. The molecule has 2 aromatic heterocycles. The molecule has 0 fully saturated rings. The summed E-state index contributed by atoms with van der Waals surface area (Å²) in [6.07, 6.45) is 3.35. The first-order chi connectivity index (χ1) is 17.8. The summed E-state index contributed by atoms with van der Waals surface area (Å²) in [7, 11) is 0. The van der Waals surface area contributed by atoms with E-state index in [0.29, 0.717) is 33.2 Å². The molecule has 2 aromatic carbocycles. The van der Waals surface area contributed by atoms with Crippen LogP contribution in [0.15, 0.2) is 82.2 Å². The average molecular weight is 525 g/mol. The summed E-state index contributed by atoms with van der Waals surface area (Å²) in [4.78, 5) is 30.1. The van der Waals surface area contributed by atoms with Gasteiger partial charge in [-0.3, -0.25) is 14.6 Å². The van der Waals surface area contributed by atoms with E-state index in [0.717, 1.165) is 4.90 Å². The Morgan fingerprint density at radius 3 is 2.49 bits per heavy atom. The van der Waals surface area contributed by atoms with E-state index in [1.165, 1.54) is 30.0 Å². The maximum absolute atomic E-state index is 13.8. The number of benzene rings is 2. The van der Waals surface area contributed by atoms with Crippen molar-refractivity contribution in [2.45, 2.75) is 18.0 Å². The number of carbonyl (C=O) groups excluding carboxylic acids is 1. The number of halogens is 2. The minimum absolute atomic E-state index is 0.0149. The van der Waals surface area contributed by atoms with Crippen LogP contribution in [0.1, 0.15) is 22.0 Å². The fraction of sp³-hybridized carbons (Fsp3) is 0.148. The highest BCUT2D eigenvalue weighted by atomic mass is 32.2. The van der Waals surface area contributed by atoms with Crippen molar-refractivity contribution in [3.8, 4) is 16.9 Å². The Labute approximate surface area is 215 Å². The van der Waals surface area contributed by atoms with E-state index in [-0.39, 0.29) is 18.9 Å². The molecule has 0 aliphatic rings. The molecule has 7 nitrogen and oxygen atoms in total. The highest BCUT2D eigenvalue weighted by Gasteiger charge is 2.22. The van der Waals surface area contributed by atoms with Gasteiger partial charge in [-0.1, -0.05) is 18.2 Å². The minimum Gasteiger partial charge on any atom is -0.486 e. The van der Waals surface area contributed by atoms with Crippen LogP contribution in [-0.2, 0) is 17.9 Å². The maximum Gasteiger partial charge on any atom is 0.323 e. The summed E-state index contributed by atoms with van der Waals surface area (Å²) in [6.45, 7) is -0.474. The average Bonchev–Trinajstić information content (AvgIpc) is 3.38. The van der Waals surface area contributed by atoms with Crippen LogP contribution in [0.25, 0.3) is 11.1 Å². The van der Waals surface area contributed by atoms with Crippen LogP contribution < -0.4 is 4.74 Å². The number of carboxylic acid groups (broad SMARTS) is 1. The number of pyridine rings is 1. The van der Waals surface area contributed by atoms with Crippen LogP contribution in [0, 0.1) is 11.6 Å². The van der Waals surface area contributed by atoms with E-state index < -0.39 is 30.1 Å². The molecule has 1 amide bonds. The van der Waals surface area contributed by atoms with E-state index in [1.54, 1.807) is 61.0 Å². The number of hydrogen-bond acceptors (Lipinski definition) is 6. The van der Waals surface area contributed by atoms with Crippen LogP contribution in [0.5, 0.6) is 5.75 Å². The van der Waals surface area contributed by atoms with E-state index >= 15 is 0 Å². The number of carbonyl (C=O) groups is 2. The Hall–Kier alpha value is -4.18. The number of ether oxygens (including phenoxy) is 1. The van der Waals surface area contributed by atoms with Crippen molar-refractivity contribution in [3.05, 3.63) is 102 Å². The normalized spacial score (nSPS) is 10.8. The molecule has 0 atom stereocenters. The standard InChI is InChI=1S/C27H22F2N2O5S/c1-37-25-13-23(29)22(28)12-21(25)17-5-7-19(8-6-17)35-16-20-9-10-24(36-20)27(34)31(15-26(32)33)14-18-4-2-3-11-30-18/h2-13H,14-16H2,1H3,(H,32,33). The zero-order valence-electron chi connectivity index (χ0n) is 19.7. The highest BCUT2D eigenvalue weighted by Crippen LogP contribution is 2.33. The molecule has 0 unspecified atom stereocenters. The predicted octanol–water partition coefficient (Wildman–Crippen LogP) is 5.65. The Morgan fingerprint density at radius 1 is 1.05 bits per heavy atom. The first-order valence-corrected chi connectivity index (χ1v) is 12.3. The molecule has 0 saturated carbocycles. The molecule has 0 saturated heterocycles. The van der Waals surface area contributed by atoms with Gasteiger partial charge < -0.3 is 19.2 Å². The first-order valence-electron chi connectivity index (χ1n) is 11.1. The lowest BCUT2D eigenvalue weighted by atomic mass is 10.1. The second-order valence-corrected chi connectivity index (χ2v) is 8.77. The summed E-state index contributed by atoms with van der Waals surface area (Å²) >= 11 is 1.32. The molecular weight excluding hydrogens is 502 g/mol. The van der Waals surface area contributed by atoms with Crippen molar-refractivity contribution in [3.63, 3.8) is 0 Å². The van der Waals surface area contributed by atoms with E-state index in [4.69, 9.17) is 9.15 Å². The fourth-order valence-corrected chi connectivity index (χ4v) is 4.20. The van der Waals surface area contributed by atoms with Gasteiger partial charge in [0.1, 0.15) is 24.7 Å². The van der Waals surface area contributed by atoms with Gasteiger partial charge in [-0.15, -0.1) is 11.8 Å². The molecule has 1 N–H and O–H groups in total. The molecule has 2 heterocycles. The molecule has 0 spiro atoms. The molecule has 0 bridgehead atoms. The lowest BCUT2D eigenvalue weighted by Gasteiger charge is -2.19. The molecule has 37 heavy (non-hydrogen) atoms. The van der Waals surface area contributed by atoms with Crippen molar-refractivity contribution >= 4 is 23.6 Å². The third kappa shape index (κ3) is 6.53. The number of aromatic nitrogens is 1. The second kappa shape index (κ2) is 11.7. The van der Waals surface area contributed by atoms with Gasteiger partial charge in [-0.05, 0) is 65.9 Å². The lowest BCUT2D eigenvalue weighted by Crippen LogP contribution is -2.35. The highest BCUT2D eigenvalue weighted by molar-refractivity contribution is 7.98. The van der Waals surface area contributed by atoms with Crippen molar-refractivity contribution in [1.82, 2.24) is 9.88 Å². The third-order valence-electron chi connectivity index (χ3n) is 5.35. The number of amides is 1. The number of rotatable bonds is 10. The van der Waals surface area contributed by atoms with Gasteiger partial charge in [0, 0.05) is 11.1 Å². The lowest BCUT2D eigenvalue weighted by molar-refractivity contribution is -0.137. The number of carboxylic acids is 1. The van der Waals surface area contributed by atoms with Crippen molar-refractivity contribution in [2.75, 3.05) is 12.8 Å². The second-order valence-electron chi connectivity index (χ2n) is 7.92. The van der Waals surface area contributed by atoms with E-state index in [2.05, 4.69) is 4.98 Å². The van der Waals surface area contributed by atoms with Gasteiger partial charge in [0.05, 0.1) is 12.2 Å². The number of hydrogen-bond donors (Lipinski definition) is 1. The van der Waals surface area contributed by atoms with E-state index in [9.17, 15) is 23.5 Å². The topological polar surface area (TPSA) is 92.9 Å². The predicted molar refractivity (Wildman–Crippen MR) is 133 cm³/mol. The SMILES string of the molecule is CSc1cc(F)c(F)cc1-c1ccc(OCc2ccc(C(=O)N(CC(=O)O)Cc3ccccn3)o2)cc1. The number of furan rings is 1. The quantitative estimate of drug-likeness (QED) is 0.268. The third-order valence-corrected chi connectivity index (χ3v) is 6.13. The molecule has 4 rings (SSSR count). The minimum atomic E-state index is -1.16. The summed E-state index contributed by atoms with van der Waals surface area (Å²) in [5, 5.41) is 9.22. The Kier molecular flexibility index (Phi) is 8.19. The Balaban J connectivity index is 1.41. The van der Waals surface area contributed by atoms with Gasteiger partial charge in [-0.2, -0.15) is 0 Å². The largest absolute Gasteiger partial charge is 0.486 e. The first kappa shape index (κ1) is 25.9. The fourth-order valence-electron chi connectivity index (χ4n) is 3.58. The van der Waals surface area contributed by atoms with Gasteiger partial charge in [-0.25, -0.2) is 8.78 Å². The van der Waals surface area contributed by atoms with Crippen molar-refractivity contribution in [2.24, 2.45) is 0 Å². The zero-order chi connectivity index (χ0) is 26.4. The van der Waals surface area contributed by atoms with Gasteiger partial charge in [0.2, 0.25) is 0 Å². The van der Waals surface area contributed by atoms with E-state index in [1.807, 2.05) is 0 Å². The zero-order valence-corrected chi connectivity index (χ0v) is 20.5. The Bertz CT molecular complexity index is 1390. The maximum atomic E-state index is 13.8. The number of nitrogens with zero attached hydrogens (tertiary/aromatic N) is 2. The van der Waals surface area contributed by atoms with Crippen molar-refractivity contribution in [1.29, 1.82) is 0 Å². The molecule has 0 aliphatic carbocycles. The monoisotopic (exact) mass is 524 g/mol. The summed E-state index contributed by atoms with van der Waals surface area (Å²) in [6, 6.07) is 17.4. The van der Waals surface area contributed by atoms with Gasteiger partial charge >= 0.3 is 5.97 Å². The van der Waals surface area contributed by atoms with Crippen LogP contribution in [0.2, 0.25) is 0 Å². The Morgan fingerprint density at radius 2 is 1.81 bits per heavy atom. The molecule has 0 radical (unpaired) electrons.